The second kappa shape index (κ2) is 4.10. The Hall–Kier alpha value is -2.23. The van der Waals surface area contributed by atoms with Crippen molar-refractivity contribution in [3.63, 3.8) is 0 Å². The quantitative estimate of drug-likeness (QED) is 0.607. The molecule has 4 heteroatoms. The molecule has 0 bridgehead atoms. The highest BCUT2D eigenvalue weighted by molar-refractivity contribution is 6.08. The van der Waals surface area contributed by atoms with Crippen molar-refractivity contribution < 1.29 is 9.53 Å². The molecule has 1 aromatic heterocycles. The SMILES string of the molecule is COc1ccc(C(=O)c2ccc[nH]2)cc1N. The van der Waals surface area contributed by atoms with Crippen LogP contribution in [0.15, 0.2) is 36.5 Å². The lowest BCUT2D eigenvalue weighted by atomic mass is 10.1. The number of methoxy groups -OCH3 is 1. The largest absolute Gasteiger partial charge is 0.495 e. The molecule has 82 valence electrons. The Balaban J connectivity index is 2.35. The number of H-pyrrole nitrogens is 1. The number of carbonyl (C=O) groups is 1. The van der Waals surface area contributed by atoms with Gasteiger partial charge in [-0.15, -0.1) is 0 Å². The summed E-state index contributed by atoms with van der Waals surface area (Å²) in [5, 5.41) is 0. The number of aromatic amines is 1. The van der Waals surface area contributed by atoms with Gasteiger partial charge in [0.05, 0.1) is 18.5 Å². The minimum Gasteiger partial charge on any atom is -0.495 e. The highest BCUT2D eigenvalue weighted by atomic mass is 16.5. The highest BCUT2D eigenvalue weighted by Gasteiger charge is 2.11. The zero-order valence-electron chi connectivity index (χ0n) is 8.86. The van der Waals surface area contributed by atoms with Crippen molar-refractivity contribution in [3.8, 4) is 5.75 Å². The fourth-order valence-corrected chi connectivity index (χ4v) is 1.50. The van der Waals surface area contributed by atoms with E-state index in [1.807, 2.05) is 0 Å². The van der Waals surface area contributed by atoms with E-state index < -0.39 is 0 Å². The molecule has 16 heavy (non-hydrogen) atoms. The van der Waals surface area contributed by atoms with Gasteiger partial charge < -0.3 is 15.5 Å². The van der Waals surface area contributed by atoms with E-state index in [4.69, 9.17) is 10.5 Å². The van der Waals surface area contributed by atoms with Gasteiger partial charge in [-0.3, -0.25) is 4.79 Å². The van der Waals surface area contributed by atoms with E-state index in [0.717, 1.165) is 0 Å². The summed E-state index contributed by atoms with van der Waals surface area (Å²) in [5.74, 6) is 0.488. The molecule has 0 amide bonds. The number of nitrogens with two attached hydrogens (primary N) is 1. The Morgan fingerprint density at radius 3 is 2.75 bits per heavy atom. The first-order valence-corrected chi connectivity index (χ1v) is 4.84. The molecule has 0 radical (unpaired) electrons. The zero-order valence-corrected chi connectivity index (χ0v) is 8.86. The summed E-state index contributed by atoms with van der Waals surface area (Å²) in [6.07, 6.45) is 1.71. The normalized spacial score (nSPS) is 10.1. The predicted molar refractivity (Wildman–Crippen MR) is 61.6 cm³/mol. The lowest BCUT2D eigenvalue weighted by Gasteiger charge is -2.05. The molecule has 1 aromatic carbocycles. The number of nitrogen functional groups attached to an aromatic ring is 1. The van der Waals surface area contributed by atoms with Crippen LogP contribution in [0.2, 0.25) is 0 Å². The third-order valence-corrected chi connectivity index (χ3v) is 2.33. The van der Waals surface area contributed by atoms with Gasteiger partial charge in [0.1, 0.15) is 5.75 Å². The molecule has 4 nitrogen and oxygen atoms in total. The number of carbonyl (C=O) groups excluding carboxylic acids is 1. The molecule has 0 fully saturated rings. The number of aromatic nitrogens is 1. The van der Waals surface area contributed by atoms with Crippen molar-refractivity contribution in [3.05, 3.63) is 47.8 Å². The number of benzene rings is 1. The second-order valence-electron chi connectivity index (χ2n) is 3.37. The summed E-state index contributed by atoms with van der Waals surface area (Å²) in [6.45, 7) is 0. The van der Waals surface area contributed by atoms with Crippen LogP contribution in [0.4, 0.5) is 5.69 Å². The summed E-state index contributed by atoms with van der Waals surface area (Å²) >= 11 is 0. The molecular formula is C12H12N2O2. The minimum atomic E-state index is -0.0839. The molecular weight excluding hydrogens is 204 g/mol. The summed E-state index contributed by atoms with van der Waals surface area (Å²) < 4.78 is 5.03. The standard InChI is InChI=1S/C12H12N2O2/c1-16-11-5-4-8(7-9(11)13)12(15)10-3-2-6-14-10/h2-7,14H,13H2,1H3. The lowest BCUT2D eigenvalue weighted by Crippen LogP contribution is -2.03. The van der Waals surface area contributed by atoms with Crippen LogP contribution >= 0.6 is 0 Å². The van der Waals surface area contributed by atoms with Crippen molar-refractivity contribution in [2.75, 3.05) is 12.8 Å². The monoisotopic (exact) mass is 216 g/mol. The van der Waals surface area contributed by atoms with Crippen LogP contribution < -0.4 is 10.5 Å². The summed E-state index contributed by atoms with van der Waals surface area (Å²) in [6, 6.07) is 8.49. The van der Waals surface area contributed by atoms with E-state index in [1.165, 1.54) is 7.11 Å². The van der Waals surface area contributed by atoms with Gasteiger partial charge in [-0.05, 0) is 30.3 Å². The van der Waals surface area contributed by atoms with E-state index in [9.17, 15) is 4.79 Å². The lowest BCUT2D eigenvalue weighted by molar-refractivity contribution is 0.103. The van der Waals surface area contributed by atoms with Crippen molar-refractivity contribution in [2.24, 2.45) is 0 Å². The smallest absolute Gasteiger partial charge is 0.209 e. The average molecular weight is 216 g/mol. The molecule has 0 unspecified atom stereocenters. The van der Waals surface area contributed by atoms with E-state index in [2.05, 4.69) is 4.98 Å². The maximum atomic E-state index is 11.9. The van der Waals surface area contributed by atoms with Gasteiger partial charge in [-0.25, -0.2) is 0 Å². The highest BCUT2D eigenvalue weighted by Crippen LogP contribution is 2.22. The van der Waals surface area contributed by atoms with Crippen LogP contribution in [-0.4, -0.2) is 17.9 Å². The Kier molecular flexibility index (Phi) is 2.64. The molecule has 0 aliphatic rings. The Bertz CT molecular complexity index is 504. The fourth-order valence-electron chi connectivity index (χ4n) is 1.50. The maximum Gasteiger partial charge on any atom is 0.209 e. The van der Waals surface area contributed by atoms with Gasteiger partial charge in [0, 0.05) is 11.8 Å². The number of ketones is 1. The maximum absolute atomic E-state index is 11.9. The first kappa shape index (κ1) is 10.3. The van der Waals surface area contributed by atoms with Crippen LogP contribution in [0, 0.1) is 0 Å². The number of hydrogen-bond donors (Lipinski definition) is 2. The number of rotatable bonds is 3. The second-order valence-corrected chi connectivity index (χ2v) is 3.37. The predicted octanol–water partition coefficient (Wildman–Crippen LogP) is 1.84. The van der Waals surface area contributed by atoms with Gasteiger partial charge in [-0.1, -0.05) is 0 Å². The first-order valence-electron chi connectivity index (χ1n) is 4.84. The third-order valence-electron chi connectivity index (χ3n) is 2.33. The molecule has 2 aromatic rings. The Morgan fingerprint density at radius 1 is 1.38 bits per heavy atom. The topological polar surface area (TPSA) is 68.1 Å². The Morgan fingerprint density at radius 2 is 2.19 bits per heavy atom. The average Bonchev–Trinajstić information content (AvgIpc) is 2.81. The van der Waals surface area contributed by atoms with Gasteiger partial charge in [-0.2, -0.15) is 0 Å². The molecule has 0 spiro atoms. The molecule has 2 rings (SSSR count). The molecule has 0 aliphatic carbocycles. The summed E-state index contributed by atoms with van der Waals surface area (Å²) in [4.78, 5) is 14.8. The number of nitrogens with one attached hydrogen (secondary N) is 1. The molecule has 3 N–H and O–H groups in total. The molecule has 0 saturated heterocycles. The molecule has 0 atom stereocenters. The van der Waals surface area contributed by atoms with Gasteiger partial charge >= 0.3 is 0 Å². The molecule has 0 aliphatic heterocycles. The zero-order chi connectivity index (χ0) is 11.5. The molecule has 1 heterocycles. The van der Waals surface area contributed by atoms with Gasteiger partial charge in [0.25, 0.3) is 0 Å². The minimum absolute atomic E-state index is 0.0839. The van der Waals surface area contributed by atoms with Crippen molar-refractivity contribution in [2.45, 2.75) is 0 Å². The van der Waals surface area contributed by atoms with Crippen LogP contribution in [0.1, 0.15) is 16.1 Å². The fraction of sp³-hybridized carbons (Fsp3) is 0.0833. The van der Waals surface area contributed by atoms with E-state index in [1.54, 1.807) is 36.5 Å². The Labute approximate surface area is 93.0 Å². The van der Waals surface area contributed by atoms with Crippen LogP contribution in [0.3, 0.4) is 0 Å². The van der Waals surface area contributed by atoms with Crippen molar-refractivity contribution in [1.29, 1.82) is 0 Å². The molecule has 0 saturated carbocycles. The van der Waals surface area contributed by atoms with E-state index in [0.29, 0.717) is 22.7 Å². The van der Waals surface area contributed by atoms with E-state index >= 15 is 0 Å². The summed E-state index contributed by atoms with van der Waals surface area (Å²) in [5.41, 5.74) is 7.28. The summed E-state index contributed by atoms with van der Waals surface area (Å²) in [7, 11) is 1.54. The van der Waals surface area contributed by atoms with E-state index in [-0.39, 0.29) is 5.78 Å². The van der Waals surface area contributed by atoms with Crippen LogP contribution in [0.5, 0.6) is 5.75 Å². The van der Waals surface area contributed by atoms with Crippen molar-refractivity contribution >= 4 is 11.5 Å². The van der Waals surface area contributed by atoms with Crippen LogP contribution in [-0.2, 0) is 0 Å². The third kappa shape index (κ3) is 1.77. The number of hydrogen-bond acceptors (Lipinski definition) is 3. The van der Waals surface area contributed by atoms with Crippen LogP contribution in [0.25, 0.3) is 0 Å². The number of ether oxygens (including phenoxy) is 1. The van der Waals surface area contributed by atoms with Gasteiger partial charge in [0.2, 0.25) is 5.78 Å². The van der Waals surface area contributed by atoms with Crippen molar-refractivity contribution in [1.82, 2.24) is 4.98 Å². The number of anilines is 1. The van der Waals surface area contributed by atoms with Gasteiger partial charge in [0.15, 0.2) is 0 Å². The first-order chi connectivity index (χ1) is 7.72.